The molecule has 21 heavy (non-hydrogen) atoms. The van der Waals surface area contributed by atoms with Crippen molar-refractivity contribution in [2.24, 2.45) is 5.92 Å². The van der Waals surface area contributed by atoms with E-state index in [2.05, 4.69) is 4.98 Å². The van der Waals surface area contributed by atoms with Crippen LogP contribution in [0.1, 0.15) is 20.3 Å². The number of aromatic nitrogens is 2. The van der Waals surface area contributed by atoms with Crippen molar-refractivity contribution in [1.82, 2.24) is 9.55 Å². The third kappa shape index (κ3) is 2.96. The van der Waals surface area contributed by atoms with E-state index in [0.717, 1.165) is 0 Å². The van der Waals surface area contributed by atoms with Crippen molar-refractivity contribution in [3.8, 4) is 0 Å². The Hall–Kier alpha value is -2.57. The maximum atomic E-state index is 12.3. The predicted molar refractivity (Wildman–Crippen MR) is 77.1 cm³/mol. The molecule has 0 radical (unpaired) electrons. The van der Waals surface area contributed by atoms with Crippen LogP contribution in [-0.2, 0) is 11.3 Å². The molecule has 2 rings (SSSR count). The zero-order valence-corrected chi connectivity index (χ0v) is 11.8. The summed E-state index contributed by atoms with van der Waals surface area (Å²) >= 11 is 0. The number of carbonyl (C=O) groups excluding carboxylic acids is 1. The molecular weight excluding hydrogens is 274 g/mol. The van der Waals surface area contributed by atoms with Gasteiger partial charge < -0.3 is 0 Å². The fraction of sp³-hybridized carbons (Fsp3) is 0.357. The Morgan fingerprint density at radius 2 is 2.19 bits per heavy atom. The number of nitro benzene ring substituents is 1. The van der Waals surface area contributed by atoms with Crippen LogP contribution in [0.4, 0.5) is 5.69 Å². The van der Waals surface area contributed by atoms with Gasteiger partial charge in [-0.15, -0.1) is 0 Å². The summed E-state index contributed by atoms with van der Waals surface area (Å²) in [5, 5.41) is 10.9. The summed E-state index contributed by atoms with van der Waals surface area (Å²) < 4.78 is 1.19. The minimum absolute atomic E-state index is 0.0637. The summed E-state index contributed by atoms with van der Waals surface area (Å²) in [6.45, 7) is 3.62. The molecule has 1 unspecified atom stereocenters. The van der Waals surface area contributed by atoms with Crippen LogP contribution < -0.4 is 5.56 Å². The van der Waals surface area contributed by atoms with Gasteiger partial charge in [0.25, 0.3) is 11.2 Å². The molecular formula is C14H15N3O4. The summed E-state index contributed by atoms with van der Waals surface area (Å²) in [6.07, 6.45) is 2.00. The van der Waals surface area contributed by atoms with Crippen LogP contribution in [0.15, 0.2) is 29.3 Å². The second kappa shape index (κ2) is 5.82. The van der Waals surface area contributed by atoms with Gasteiger partial charge in [-0.1, -0.05) is 13.8 Å². The Labute approximate surface area is 120 Å². The lowest BCUT2D eigenvalue weighted by molar-refractivity contribution is -0.384. The Morgan fingerprint density at radius 1 is 1.48 bits per heavy atom. The number of nitrogens with zero attached hydrogens (tertiary/aromatic N) is 3. The molecule has 0 aliphatic heterocycles. The molecule has 0 bridgehead atoms. The third-order valence-electron chi connectivity index (χ3n) is 3.51. The van der Waals surface area contributed by atoms with Crippen molar-refractivity contribution in [3.05, 3.63) is 45.0 Å². The van der Waals surface area contributed by atoms with Crippen molar-refractivity contribution in [2.45, 2.75) is 26.8 Å². The number of hydrogen-bond donors (Lipinski definition) is 0. The number of rotatable bonds is 5. The van der Waals surface area contributed by atoms with Gasteiger partial charge in [0.15, 0.2) is 5.78 Å². The first-order valence-electron chi connectivity index (χ1n) is 6.60. The third-order valence-corrected chi connectivity index (χ3v) is 3.51. The first-order valence-corrected chi connectivity index (χ1v) is 6.60. The zero-order chi connectivity index (χ0) is 15.6. The second-order valence-electron chi connectivity index (χ2n) is 4.91. The largest absolute Gasteiger partial charge is 0.297 e. The maximum absolute atomic E-state index is 12.3. The highest BCUT2D eigenvalue weighted by molar-refractivity contribution is 5.82. The minimum Gasteiger partial charge on any atom is -0.297 e. The number of carbonyl (C=O) groups is 1. The van der Waals surface area contributed by atoms with E-state index in [9.17, 15) is 19.7 Å². The van der Waals surface area contributed by atoms with Gasteiger partial charge in [-0.05, 0) is 12.5 Å². The molecule has 1 aromatic carbocycles. The van der Waals surface area contributed by atoms with Crippen molar-refractivity contribution < 1.29 is 9.72 Å². The predicted octanol–water partition coefficient (Wildman–Crippen LogP) is 1.92. The second-order valence-corrected chi connectivity index (χ2v) is 4.91. The Morgan fingerprint density at radius 3 is 2.81 bits per heavy atom. The Kier molecular flexibility index (Phi) is 4.11. The number of fused-ring (bicyclic) bond motifs is 1. The van der Waals surface area contributed by atoms with Crippen LogP contribution in [0, 0.1) is 16.0 Å². The quantitative estimate of drug-likeness (QED) is 0.619. The minimum atomic E-state index is -0.569. The van der Waals surface area contributed by atoms with Gasteiger partial charge in [-0.2, -0.15) is 0 Å². The molecule has 0 aliphatic rings. The molecule has 0 saturated heterocycles. The van der Waals surface area contributed by atoms with E-state index in [1.165, 1.54) is 29.1 Å². The molecule has 7 heteroatoms. The lowest BCUT2D eigenvalue weighted by Crippen LogP contribution is -2.27. The topological polar surface area (TPSA) is 95.1 Å². The molecule has 1 atom stereocenters. The monoisotopic (exact) mass is 289 g/mol. The molecule has 1 heterocycles. The zero-order valence-electron chi connectivity index (χ0n) is 11.8. The maximum Gasteiger partial charge on any atom is 0.270 e. The molecule has 0 saturated carbocycles. The Balaban J connectivity index is 2.47. The fourth-order valence-electron chi connectivity index (χ4n) is 1.92. The number of ketones is 1. The molecule has 0 fully saturated rings. The van der Waals surface area contributed by atoms with Crippen LogP contribution >= 0.6 is 0 Å². The number of hydrogen-bond acceptors (Lipinski definition) is 5. The highest BCUT2D eigenvalue weighted by atomic mass is 16.6. The van der Waals surface area contributed by atoms with Gasteiger partial charge in [0.05, 0.1) is 28.7 Å². The molecule has 1 aromatic heterocycles. The first kappa shape index (κ1) is 14.8. The van der Waals surface area contributed by atoms with Crippen molar-refractivity contribution >= 4 is 22.4 Å². The first-order chi connectivity index (χ1) is 9.93. The molecule has 0 amide bonds. The lowest BCUT2D eigenvalue weighted by Gasteiger charge is -2.09. The number of non-ortho nitro benzene ring substituents is 1. The fourth-order valence-corrected chi connectivity index (χ4v) is 1.92. The van der Waals surface area contributed by atoms with E-state index in [4.69, 9.17) is 0 Å². The summed E-state index contributed by atoms with van der Waals surface area (Å²) in [5.41, 5.74) is -0.245. The Bertz CT molecular complexity index is 766. The van der Waals surface area contributed by atoms with Crippen LogP contribution in [0.2, 0.25) is 0 Å². The molecule has 0 spiro atoms. The molecule has 110 valence electrons. The van der Waals surface area contributed by atoms with Crippen molar-refractivity contribution in [1.29, 1.82) is 0 Å². The number of benzene rings is 1. The van der Waals surface area contributed by atoms with E-state index in [0.29, 0.717) is 11.9 Å². The molecule has 7 nitrogen and oxygen atoms in total. The van der Waals surface area contributed by atoms with E-state index in [-0.39, 0.29) is 29.3 Å². The SMILES string of the molecule is CCC(C)C(=O)Cn1cnc2ccc([N+](=O)[O-])cc2c1=O. The van der Waals surface area contributed by atoms with Crippen LogP contribution in [-0.4, -0.2) is 20.3 Å². The standard InChI is InChI=1S/C14H15N3O4/c1-3-9(2)13(18)7-16-8-15-12-5-4-10(17(20)21)6-11(12)14(16)19/h4-6,8-9H,3,7H2,1-2H3. The van der Waals surface area contributed by atoms with Crippen molar-refractivity contribution in [2.75, 3.05) is 0 Å². The number of nitro groups is 1. The van der Waals surface area contributed by atoms with E-state index in [1.54, 1.807) is 6.92 Å². The van der Waals surface area contributed by atoms with Crippen LogP contribution in [0.3, 0.4) is 0 Å². The van der Waals surface area contributed by atoms with Gasteiger partial charge >= 0.3 is 0 Å². The van der Waals surface area contributed by atoms with E-state index in [1.807, 2.05) is 6.92 Å². The van der Waals surface area contributed by atoms with Gasteiger partial charge in [-0.25, -0.2) is 4.98 Å². The number of Topliss-reactive ketones (excluding diaryl/α,β-unsaturated/α-hetero) is 1. The van der Waals surface area contributed by atoms with Crippen LogP contribution in [0.5, 0.6) is 0 Å². The van der Waals surface area contributed by atoms with E-state index < -0.39 is 10.5 Å². The summed E-state index contributed by atoms with van der Waals surface area (Å²) in [4.78, 5) is 38.5. The van der Waals surface area contributed by atoms with Crippen molar-refractivity contribution in [3.63, 3.8) is 0 Å². The summed E-state index contributed by atoms with van der Waals surface area (Å²) in [5.74, 6) is -0.205. The highest BCUT2D eigenvalue weighted by Gasteiger charge is 2.15. The van der Waals surface area contributed by atoms with Gasteiger partial charge in [0, 0.05) is 18.1 Å². The lowest BCUT2D eigenvalue weighted by atomic mass is 10.0. The van der Waals surface area contributed by atoms with Gasteiger partial charge in [0.1, 0.15) is 0 Å². The average Bonchev–Trinajstić information content (AvgIpc) is 2.48. The average molecular weight is 289 g/mol. The summed E-state index contributed by atoms with van der Waals surface area (Å²) in [7, 11) is 0. The summed E-state index contributed by atoms with van der Waals surface area (Å²) in [6, 6.07) is 3.91. The van der Waals surface area contributed by atoms with Crippen LogP contribution in [0.25, 0.3) is 10.9 Å². The smallest absolute Gasteiger partial charge is 0.270 e. The normalized spacial score (nSPS) is 12.3. The van der Waals surface area contributed by atoms with Gasteiger partial charge in [-0.3, -0.25) is 24.3 Å². The molecule has 2 aromatic rings. The molecule has 0 aliphatic carbocycles. The molecule has 0 N–H and O–H groups in total. The highest BCUT2D eigenvalue weighted by Crippen LogP contribution is 2.16. The van der Waals surface area contributed by atoms with Gasteiger partial charge in [0.2, 0.25) is 0 Å². The van der Waals surface area contributed by atoms with E-state index >= 15 is 0 Å².